The molecular formula is C14H18ClF3N2. The van der Waals surface area contributed by atoms with Crippen LogP contribution in [0, 0.1) is 0 Å². The molecule has 0 N–H and O–H groups in total. The lowest BCUT2D eigenvalue weighted by Gasteiger charge is -2.23. The minimum absolute atomic E-state index is 0.0467. The molecule has 0 saturated carbocycles. The fourth-order valence-electron chi connectivity index (χ4n) is 1.67. The van der Waals surface area contributed by atoms with Gasteiger partial charge in [-0.1, -0.05) is 38.4 Å². The molecule has 0 spiro atoms. The van der Waals surface area contributed by atoms with E-state index in [-0.39, 0.29) is 16.1 Å². The maximum Gasteiger partial charge on any atom is 0.418 e. The Morgan fingerprint density at radius 2 is 1.60 bits per heavy atom. The fraction of sp³-hybridized carbons (Fsp3) is 0.500. The molecule has 0 saturated heterocycles. The minimum atomic E-state index is -4.49. The first-order valence-corrected chi connectivity index (χ1v) is 6.43. The van der Waals surface area contributed by atoms with Gasteiger partial charge in [0.15, 0.2) is 0 Å². The summed E-state index contributed by atoms with van der Waals surface area (Å²) in [7, 11) is 3.36. The monoisotopic (exact) mass is 306 g/mol. The van der Waals surface area contributed by atoms with Crippen molar-refractivity contribution in [3.05, 3.63) is 28.3 Å². The third kappa shape index (κ3) is 3.88. The van der Waals surface area contributed by atoms with Crippen LogP contribution in [0.1, 0.15) is 31.9 Å². The van der Waals surface area contributed by atoms with Gasteiger partial charge in [0, 0.05) is 14.1 Å². The van der Waals surface area contributed by atoms with E-state index in [0.717, 1.165) is 6.07 Å². The molecule has 1 aromatic carbocycles. The first-order valence-electron chi connectivity index (χ1n) is 6.05. The van der Waals surface area contributed by atoms with Crippen LogP contribution in [0.5, 0.6) is 0 Å². The molecule has 6 heteroatoms. The molecule has 0 aliphatic heterocycles. The molecular weight excluding hydrogens is 289 g/mol. The summed E-state index contributed by atoms with van der Waals surface area (Å²) in [5.74, 6) is 0. The predicted octanol–water partition coefficient (Wildman–Crippen LogP) is 4.88. The van der Waals surface area contributed by atoms with Gasteiger partial charge in [0.2, 0.25) is 0 Å². The van der Waals surface area contributed by atoms with Gasteiger partial charge in [0.05, 0.1) is 22.6 Å². The van der Waals surface area contributed by atoms with Crippen molar-refractivity contribution >= 4 is 23.6 Å². The van der Waals surface area contributed by atoms with Crippen LogP contribution in [-0.2, 0) is 11.6 Å². The van der Waals surface area contributed by atoms with E-state index in [1.807, 2.05) is 20.8 Å². The number of nitrogens with zero attached hydrogens (tertiary/aromatic N) is 2. The van der Waals surface area contributed by atoms with Gasteiger partial charge in [-0.2, -0.15) is 13.2 Å². The van der Waals surface area contributed by atoms with Crippen molar-refractivity contribution in [3.8, 4) is 0 Å². The molecule has 0 aromatic heterocycles. The first-order chi connectivity index (χ1) is 8.94. The summed E-state index contributed by atoms with van der Waals surface area (Å²) in [6.45, 7) is 5.67. The molecule has 0 aliphatic carbocycles. The van der Waals surface area contributed by atoms with Crippen LogP contribution in [0.3, 0.4) is 0 Å². The van der Waals surface area contributed by atoms with E-state index in [9.17, 15) is 13.2 Å². The standard InChI is InChI=1S/C14H18ClF3N2/c1-13(2,3)9-6-7-10(14(16,17)18)12(11(9)15)19-8-20(4)5/h6-8H,1-5H3. The molecule has 0 atom stereocenters. The average Bonchev–Trinajstić information content (AvgIpc) is 2.23. The van der Waals surface area contributed by atoms with Crippen LogP contribution in [-0.4, -0.2) is 25.3 Å². The number of hydrogen-bond donors (Lipinski definition) is 0. The molecule has 0 unspecified atom stereocenters. The zero-order valence-electron chi connectivity index (χ0n) is 12.1. The maximum absolute atomic E-state index is 13.0. The van der Waals surface area contributed by atoms with Gasteiger partial charge in [-0.25, -0.2) is 4.99 Å². The van der Waals surface area contributed by atoms with Gasteiger partial charge in [-0.15, -0.1) is 0 Å². The second kappa shape index (κ2) is 5.64. The summed E-state index contributed by atoms with van der Waals surface area (Å²) in [4.78, 5) is 5.45. The highest BCUT2D eigenvalue weighted by Crippen LogP contribution is 2.44. The zero-order chi connectivity index (χ0) is 15.7. The van der Waals surface area contributed by atoms with E-state index in [0.29, 0.717) is 5.56 Å². The van der Waals surface area contributed by atoms with Crippen LogP contribution in [0.4, 0.5) is 18.9 Å². The Kier molecular flexibility index (Phi) is 4.74. The number of benzene rings is 1. The van der Waals surface area contributed by atoms with Gasteiger partial charge < -0.3 is 4.90 Å². The molecule has 0 bridgehead atoms. The minimum Gasteiger partial charge on any atom is -0.369 e. The fourth-order valence-corrected chi connectivity index (χ4v) is 2.17. The highest BCUT2D eigenvalue weighted by molar-refractivity contribution is 6.34. The van der Waals surface area contributed by atoms with Crippen molar-refractivity contribution in [2.45, 2.75) is 32.4 Å². The third-order valence-electron chi connectivity index (χ3n) is 2.65. The molecule has 20 heavy (non-hydrogen) atoms. The number of rotatable bonds is 2. The normalized spacial score (nSPS) is 13.1. The predicted molar refractivity (Wildman–Crippen MR) is 77.0 cm³/mol. The molecule has 0 radical (unpaired) electrons. The summed E-state index contributed by atoms with van der Waals surface area (Å²) >= 11 is 6.16. The van der Waals surface area contributed by atoms with Crippen molar-refractivity contribution in [2.24, 2.45) is 4.99 Å². The molecule has 112 valence electrons. The van der Waals surface area contributed by atoms with Gasteiger partial charge >= 0.3 is 6.18 Å². The number of halogens is 4. The Bertz CT molecular complexity index is 514. The number of alkyl halides is 3. The molecule has 1 aromatic rings. The lowest BCUT2D eigenvalue weighted by Crippen LogP contribution is -2.14. The summed E-state index contributed by atoms with van der Waals surface area (Å²) < 4.78 is 39.1. The largest absolute Gasteiger partial charge is 0.418 e. The molecule has 1 rings (SSSR count). The molecule has 0 heterocycles. The van der Waals surface area contributed by atoms with E-state index in [1.54, 1.807) is 19.0 Å². The lowest BCUT2D eigenvalue weighted by molar-refractivity contribution is -0.137. The van der Waals surface area contributed by atoms with Crippen molar-refractivity contribution < 1.29 is 13.2 Å². The average molecular weight is 307 g/mol. The highest BCUT2D eigenvalue weighted by atomic mass is 35.5. The van der Waals surface area contributed by atoms with E-state index in [2.05, 4.69) is 4.99 Å². The number of hydrogen-bond acceptors (Lipinski definition) is 1. The van der Waals surface area contributed by atoms with Crippen molar-refractivity contribution in [2.75, 3.05) is 14.1 Å². The van der Waals surface area contributed by atoms with Crippen LogP contribution in [0.2, 0.25) is 5.02 Å². The van der Waals surface area contributed by atoms with E-state index >= 15 is 0 Å². The zero-order valence-corrected chi connectivity index (χ0v) is 12.9. The Hall–Kier alpha value is -1.23. The second-order valence-corrected chi connectivity index (χ2v) is 6.16. The van der Waals surface area contributed by atoms with E-state index < -0.39 is 11.7 Å². The Balaban J connectivity index is 3.55. The quantitative estimate of drug-likeness (QED) is 0.562. The van der Waals surface area contributed by atoms with Crippen LogP contribution in [0.25, 0.3) is 0 Å². The van der Waals surface area contributed by atoms with E-state index in [1.165, 1.54) is 12.4 Å². The Morgan fingerprint density at radius 3 is 2.00 bits per heavy atom. The topological polar surface area (TPSA) is 15.6 Å². The number of aliphatic imine (C=N–C) groups is 1. The molecule has 2 nitrogen and oxygen atoms in total. The maximum atomic E-state index is 13.0. The van der Waals surface area contributed by atoms with Gasteiger partial charge in [-0.3, -0.25) is 0 Å². The smallest absolute Gasteiger partial charge is 0.369 e. The Morgan fingerprint density at radius 1 is 1.10 bits per heavy atom. The summed E-state index contributed by atoms with van der Waals surface area (Å²) in [5.41, 5.74) is -0.782. The lowest BCUT2D eigenvalue weighted by atomic mass is 9.86. The second-order valence-electron chi connectivity index (χ2n) is 5.78. The van der Waals surface area contributed by atoms with Gasteiger partial charge in [0.25, 0.3) is 0 Å². The van der Waals surface area contributed by atoms with Crippen molar-refractivity contribution in [3.63, 3.8) is 0 Å². The SMILES string of the molecule is CN(C)C=Nc1c(C(F)(F)F)ccc(C(C)(C)C)c1Cl. The molecule has 0 aliphatic rings. The third-order valence-corrected chi connectivity index (χ3v) is 3.03. The Labute approximate surface area is 122 Å². The highest BCUT2D eigenvalue weighted by Gasteiger charge is 2.36. The van der Waals surface area contributed by atoms with Gasteiger partial charge in [0.1, 0.15) is 0 Å². The summed E-state index contributed by atoms with van der Waals surface area (Å²) in [5, 5.41) is 0.0467. The van der Waals surface area contributed by atoms with Crippen LogP contribution in [0.15, 0.2) is 17.1 Å². The van der Waals surface area contributed by atoms with Gasteiger partial charge in [-0.05, 0) is 17.0 Å². The van der Waals surface area contributed by atoms with E-state index in [4.69, 9.17) is 11.6 Å². The van der Waals surface area contributed by atoms with Crippen LogP contribution < -0.4 is 0 Å². The van der Waals surface area contributed by atoms with Crippen molar-refractivity contribution in [1.82, 2.24) is 4.90 Å². The first kappa shape index (κ1) is 16.8. The molecule has 0 fully saturated rings. The molecule has 0 amide bonds. The van der Waals surface area contributed by atoms with Crippen LogP contribution >= 0.6 is 11.6 Å². The summed E-state index contributed by atoms with van der Waals surface area (Å²) in [6, 6.07) is 2.45. The van der Waals surface area contributed by atoms with Crippen molar-refractivity contribution in [1.29, 1.82) is 0 Å². The summed E-state index contributed by atoms with van der Waals surface area (Å²) in [6.07, 6.45) is -3.18.